The number of thioether (sulfide) groups is 1. The summed E-state index contributed by atoms with van der Waals surface area (Å²) in [6, 6.07) is 8.45. The fourth-order valence-electron chi connectivity index (χ4n) is 1.68. The molecule has 112 valence electrons. The van der Waals surface area contributed by atoms with E-state index in [-0.39, 0.29) is 9.77 Å². The first kappa shape index (κ1) is 15.9. The quantitative estimate of drug-likeness (QED) is 0.667. The first-order valence-corrected chi connectivity index (χ1v) is 9.40. The number of hydrogen-bond acceptors (Lipinski definition) is 6. The number of rotatable bonds is 5. The summed E-state index contributed by atoms with van der Waals surface area (Å²) in [4.78, 5) is 12.4. The highest BCUT2D eigenvalue weighted by atomic mass is 32.2. The van der Waals surface area contributed by atoms with Crippen LogP contribution in [0, 0.1) is 0 Å². The molecule has 21 heavy (non-hydrogen) atoms. The summed E-state index contributed by atoms with van der Waals surface area (Å²) < 4.78 is 32.0. The third kappa shape index (κ3) is 3.39. The number of anilines is 1. The second kappa shape index (κ2) is 6.50. The van der Waals surface area contributed by atoms with Crippen LogP contribution in [0.2, 0.25) is 0 Å². The zero-order chi connectivity index (χ0) is 15.5. The van der Waals surface area contributed by atoms with Gasteiger partial charge >= 0.3 is 5.97 Å². The molecule has 0 aliphatic rings. The normalized spacial score (nSPS) is 11.1. The third-order valence-corrected chi connectivity index (χ3v) is 5.87. The first-order chi connectivity index (χ1) is 9.99. The summed E-state index contributed by atoms with van der Waals surface area (Å²) in [7, 11) is -2.62. The molecule has 2 aromatic rings. The van der Waals surface area contributed by atoms with Crippen LogP contribution in [0.15, 0.2) is 45.5 Å². The molecule has 0 aliphatic heterocycles. The van der Waals surface area contributed by atoms with E-state index >= 15 is 0 Å². The lowest BCUT2D eigenvalue weighted by atomic mass is 10.3. The Kier molecular flexibility index (Phi) is 4.92. The predicted octanol–water partition coefficient (Wildman–Crippen LogP) is 3.06. The average Bonchev–Trinajstić information content (AvgIpc) is 2.97. The number of methoxy groups -OCH3 is 1. The Bertz CT molecular complexity index is 752. The lowest BCUT2D eigenvalue weighted by molar-refractivity contribution is 0.0602. The van der Waals surface area contributed by atoms with E-state index in [2.05, 4.69) is 9.46 Å². The maximum atomic E-state index is 12.5. The minimum atomic E-state index is -3.84. The van der Waals surface area contributed by atoms with E-state index in [1.807, 2.05) is 18.4 Å². The number of thiophene rings is 1. The molecule has 0 unspecified atom stereocenters. The molecule has 0 radical (unpaired) electrons. The van der Waals surface area contributed by atoms with Crippen molar-refractivity contribution in [1.29, 1.82) is 0 Å². The lowest BCUT2D eigenvalue weighted by Crippen LogP contribution is -2.16. The van der Waals surface area contributed by atoms with Gasteiger partial charge in [-0.05, 0) is 29.8 Å². The second-order valence-corrected chi connectivity index (χ2v) is 7.33. The van der Waals surface area contributed by atoms with Crippen molar-refractivity contribution in [3.05, 3.63) is 40.6 Å². The molecule has 1 N–H and O–H groups in total. The van der Waals surface area contributed by atoms with Gasteiger partial charge in [0.2, 0.25) is 0 Å². The highest BCUT2D eigenvalue weighted by Crippen LogP contribution is 2.29. The molecule has 0 fully saturated rings. The lowest BCUT2D eigenvalue weighted by Gasteiger charge is -2.11. The van der Waals surface area contributed by atoms with Crippen LogP contribution in [0.25, 0.3) is 0 Å². The Labute approximate surface area is 131 Å². The molecule has 1 aromatic carbocycles. The molecule has 2 rings (SSSR count). The van der Waals surface area contributed by atoms with E-state index in [4.69, 9.17) is 0 Å². The standard InChI is InChI=1S/C13H13NO4S3/c1-18-13(15)12-11(7-8-20-12)21(16,17)14-9-5-3-4-6-10(9)19-2/h3-8,14H,1-2H3. The highest BCUT2D eigenvalue weighted by Gasteiger charge is 2.25. The molecule has 0 spiro atoms. The highest BCUT2D eigenvalue weighted by molar-refractivity contribution is 7.99. The molecule has 1 heterocycles. The van der Waals surface area contributed by atoms with Gasteiger partial charge in [-0.15, -0.1) is 23.1 Å². The number of ether oxygens (including phenoxy) is 1. The second-order valence-electron chi connectivity index (χ2n) is 3.91. The van der Waals surface area contributed by atoms with Crippen molar-refractivity contribution in [3.8, 4) is 0 Å². The van der Waals surface area contributed by atoms with Crippen LogP contribution in [0.4, 0.5) is 5.69 Å². The molecular formula is C13H13NO4S3. The number of carbonyl (C=O) groups excluding carboxylic acids is 1. The summed E-state index contributed by atoms with van der Waals surface area (Å²) in [6.45, 7) is 0. The van der Waals surface area contributed by atoms with Gasteiger partial charge in [0.15, 0.2) is 0 Å². The smallest absolute Gasteiger partial charge is 0.349 e. The molecule has 0 saturated heterocycles. The van der Waals surface area contributed by atoms with Crippen molar-refractivity contribution in [2.45, 2.75) is 9.79 Å². The number of para-hydroxylation sites is 1. The zero-order valence-corrected chi connectivity index (χ0v) is 13.8. The molecule has 0 amide bonds. The topological polar surface area (TPSA) is 72.5 Å². The van der Waals surface area contributed by atoms with Crippen LogP contribution >= 0.6 is 23.1 Å². The van der Waals surface area contributed by atoms with Crippen LogP contribution in [-0.2, 0) is 14.8 Å². The number of carbonyl (C=O) groups is 1. The van der Waals surface area contributed by atoms with Gasteiger partial charge in [-0.25, -0.2) is 13.2 Å². The van der Waals surface area contributed by atoms with Crippen molar-refractivity contribution >= 4 is 44.8 Å². The number of nitrogens with one attached hydrogen (secondary N) is 1. The summed E-state index contributed by atoms with van der Waals surface area (Å²) in [5.74, 6) is -0.663. The van der Waals surface area contributed by atoms with Crippen LogP contribution in [0.3, 0.4) is 0 Å². The Morgan fingerprint density at radius 3 is 2.67 bits per heavy atom. The Balaban J connectivity index is 2.40. The molecular weight excluding hydrogens is 330 g/mol. The van der Waals surface area contributed by atoms with Crippen LogP contribution < -0.4 is 4.72 Å². The number of benzene rings is 1. The van der Waals surface area contributed by atoms with Crippen LogP contribution in [-0.4, -0.2) is 27.8 Å². The molecule has 8 heteroatoms. The van der Waals surface area contributed by atoms with Crippen molar-refractivity contribution in [3.63, 3.8) is 0 Å². The molecule has 0 aliphatic carbocycles. The van der Waals surface area contributed by atoms with Crippen LogP contribution in [0.5, 0.6) is 0 Å². The van der Waals surface area contributed by atoms with E-state index in [9.17, 15) is 13.2 Å². The van der Waals surface area contributed by atoms with Gasteiger partial charge in [-0.3, -0.25) is 4.72 Å². The van der Waals surface area contributed by atoms with E-state index in [1.54, 1.807) is 17.5 Å². The fourth-order valence-corrected chi connectivity index (χ4v) is 4.71. The van der Waals surface area contributed by atoms with E-state index in [1.165, 1.54) is 24.9 Å². The Hall–Kier alpha value is -1.51. The maximum absolute atomic E-state index is 12.5. The maximum Gasteiger partial charge on any atom is 0.349 e. The average molecular weight is 343 g/mol. The van der Waals surface area contributed by atoms with Gasteiger partial charge in [0.1, 0.15) is 9.77 Å². The molecule has 1 aromatic heterocycles. The zero-order valence-electron chi connectivity index (χ0n) is 11.3. The minimum absolute atomic E-state index is 0.0617. The van der Waals surface area contributed by atoms with Gasteiger partial charge < -0.3 is 4.74 Å². The van der Waals surface area contributed by atoms with Crippen molar-refractivity contribution < 1.29 is 17.9 Å². The van der Waals surface area contributed by atoms with Crippen molar-refractivity contribution in [1.82, 2.24) is 0 Å². The molecule has 0 saturated carbocycles. The SMILES string of the molecule is COC(=O)c1sccc1S(=O)(=O)Nc1ccccc1SC. The number of sulfonamides is 1. The van der Waals surface area contributed by atoms with Gasteiger partial charge in [0.05, 0.1) is 12.8 Å². The Morgan fingerprint density at radius 1 is 1.29 bits per heavy atom. The summed E-state index contributed by atoms with van der Waals surface area (Å²) >= 11 is 2.46. The van der Waals surface area contributed by atoms with Crippen LogP contribution in [0.1, 0.15) is 9.67 Å². The molecule has 5 nitrogen and oxygen atoms in total. The third-order valence-electron chi connectivity index (χ3n) is 2.64. The summed E-state index contributed by atoms with van der Waals surface area (Å²) in [6.07, 6.45) is 1.86. The predicted molar refractivity (Wildman–Crippen MR) is 84.7 cm³/mol. The van der Waals surface area contributed by atoms with E-state index < -0.39 is 16.0 Å². The minimum Gasteiger partial charge on any atom is -0.465 e. The van der Waals surface area contributed by atoms with Gasteiger partial charge in [0.25, 0.3) is 10.0 Å². The van der Waals surface area contributed by atoms with Gasteiger partial charge in [0, 0.05) is 4.90 Å². The first-order valence-electron chi connectivity index (χ1n) is 5.81. The summed E-state index contributed by atoms with van der Waals surface area (Å²) in [5, 5.41) is 1.54. The monoisotopic (exact) mass is 343 g/mol. The molecule has 0 atom stereocenters. The largest absolute Gasteiger partial charge is 0.465 e. The molecule has 0 bridgehead atoms. The van der Waals surface area contributed by atoms with E-state index in [0.29, 0.717) is 5.69 Å². The van der Waals surface area contributed by atoms with E-state index in [0.717, 1.165) is 16.2 Å². The van der Waals surface area contributed by atoms with Gasteiger partial charge in [-0.2, -0.15) is 0 Å². The number of hydrogen-bond donors (Lipinski definition) is 1. The fraction of sp³-hybridized carbons (Fsp3) is 0.154. The number of esters is 1. The Morgan fingerprint density at radius 2 is 2.00 bits per heavy atom. The van der Waals surface area contributed by atoms with Crippen molar-refractivity contribution in [2.75, 3.05) is 18.1 Å². The van der Waals surface area contributed by atoms with Gasteiger partial charge in [-0.1, -0.05) is 12.1 Å². The summed E-state index contributed by atoms with van der Waals surface area (Å²) in [5.41, 5.74) is 0.479. The van der Waals surface area contributed by atoms with Crippen molar-refractivity contribution in [2.24, 2.45) is 0 Å².